The van der Waals surface area contributed by atoms with E-state index in [4.69, 9.17) is 0 Å². The summed E-state index contributed by atoms with van der Waals surface area (Å²) in [6.45, 7) is 2.86. The third-order valence-corrected chi connectivity index (χ3v) is 4.65. The molecule has 2 heterocycles. The lowest BCUT2D eigenvalue weighted by Gasteiger charge is -2.36. The molecule has 0 aliphatic carbocycles. The van der Waals surface area contributed by atoms with Crippen molar-refractivity contribution in [3.05, 3.63) is 53.3 Å². The fourth-order valence-electron chi connectivity index (χ4n) is 3.15. The Labute approximate surface area is 135 Å². The normalized spacial score (nSPS) is 17.3. The largest absolute Gasteiger partial charge is 0.337 e. The third-order valence-electron chi connectivity index (χ3n) is 4.65. The van der Waals surface area contributed by atoms with Crippen LogP contribution in [0.3, 0.4) is 0 Å². The monoisotopic (exact) mass is 315 g/mol. The molecular weight excluding hydrogens is 293 g/mol. The molecule has 0 unspecified atom stereocenters. The number of hydrogen-bond donors (Lipinski definition) is 0. The Morgan fingerprint density at radius 2 is 1.91 bits per heavy atom. The molecule has 1 aliphatic rings. The van der Waals surface area contributed by atoms with E-state index in [-0.39, 0.29) is 5.91 Å². The number of aromatic nitrogens is 2. The number of likely N-dealkylation sites (tertiary alicyclic amines) is 1. The number of aryl methyl sites for hydroxylation is 2. The second-order valence-electron chi connectivity index (χ2n) is 6.12. The fourth-order valence-corrected chi connectivity index (χ4v) is 3.15. The van der Waals surface area contributed by atoms with Crippen LogP contribution in [0.2, 0.25) is 0 Å². The average Bonchev–Trinajstić information content (AvgIpc) is 2.97. The number of benzene rings is 1. The summed E-state index contributed by atoms with van der Waals surface area (Å²) in [5, 5.41) is 4.32. The highest BCUT2D eigenvalue weighted by Crippen LogP contribution is 2.37. The minimum atomic E-state index is -1.33. The van der Waals surface area contributed by atoms with E-state index in [2.05, 4.69) is 5.10 Å². The molecule has 0 atom stereocenters. The number of alkyl halides is 1. The summed E-state index contributed by atoms with van der Waals surface area (Å²) in [4.78, 5) is 14.4. The van der Waals surface area contributed by atoms with Gasteiger partial charge in [-0.25, -0.2) is 4.39 Å². The second kappa shape index (κ2) is 6.14. The van der Waals surface area contributed by atoms with Gasteiger partial charge in [0.25, 0.3) is 5.91 Å². The smallest absolute Gasteiger partial charge is 0.272 e. The highest BCUT2D eigenvalue weighted by Gasteiger charge is 2.38. The first-order valence-electron chi connectivity index (χ1n) is 8.10. The molecule has 0 N–H and O–H groups in total. The van der Waals surface area contributed by atoms with Crippen molar-refractivity contribution < 1.29 is 9.18 Å². The number of hydrogen-bond acceptors (Lipinski definition) is 2. The van der Waals surface area contributed by atoms with Gasteiger partial charge < -0.3 is 4.90 Å². The van der Waals surface area contributed by atoms with Crippen LogP contribution >= 0.6 is 0 Å². The van der Waals surface area contributed by atoms with Gasteiger partial charge in [-0.1, -0.05) is 37.3 Å². The fraction of sp³-hybridized carbons (Fsp3) is 0.444. The standard InChI is InChI=1S/C18H22FN3O/c1-3-15-13-16(21(2)20-15)17(23)22-11-9-18(19,10-12-22)14-7-5-4-6-8-14/h4-8,13H,3,9-12H2,1-2H3. The Morgan fingerprint density at radius 1 is 1.26 bits per heavy atom. The maximum Gasteiger partial charge on any atom is 0.272 e. The molecule has 0 spiro atoms. The molecule has 2 aromatic rings. The molecule has 1 aromatic carbocycles. The number of piperidine rings is 1. The van der Waals surface area contributed by atoms with Crippen LogP contribution in [0, 0.1) is 0 Å². The molecule has 1 saturated heterocycles. The van der Waals surface area contributed by atoms with E-state index in [1.807, 2.05) is 43.3 Å². The Kier molecular flexibility index (Phi) is 4.20. The van der Waals surface area contributed by atoms with E-state index in [9.17, 15) is 4.79 Å². The Hall–Kier alpha value is -2.17. The molecular formula is C18H22FN3O. The summed E-state index contributed by atoms with van der Waals surface area (Å²) in [5.74, 6) is -0.0604. The third kappa shape index (κ3) is 3.00. The first-order valence-corrected chi connectivity index (χ1v) is 8.10. The zero-order chi connectivity index (χ0) is 16.4. The quantitative estimate of drug-likeness (QED) is 0.873. The van der Waals surface area contributed by atoms with Crippen molar-refractivity contribution in [1.29, 1.82) is 0 Å². The summed E-state index contributed by atoms with van der Waals surface area (Å²) < 4.78 is 16.7. The van der Waals surface area contributed by atoms with Crippen molar-refractivity contribution in [2.24, 2.45) is 7.05 Å². The number of rotatable bonds is 3. The summed E-state index contributed by atoms with van der Waals surface area (Å²) in [6.07, 6.45) is 1.46. The highest BCUT2D eigenvalue weighted by atomic mass is 19.1. The van der Waals surface area contributed by atoms with Gasteiger partial charge in [-0.15, -0.1) is 0 Å². The lowest BCUT2D eigenvalue weighted by Crippen LogP contribution is -2.43. The first-order chi connectivity index (χ1) is 11.0. The number of carbonyl (C=O) groups excluding carboxylic acids is 1. The van der Waals surface area contributed by atoms with Crippen molar-refractivity contribution in [3.8, 4) is 0 Å². The first kappa shape index (κ1) is 15.7. The number of amides is 1. The predicted octanol–water partition coefficient (Wildman–Crippen LogP) is 3.08. The molecule has 122 valence electrons. The van der Waals surface area contributed by atoms with Crippen LogP contribution in [0.1, 0.15) is 41.5 Å². The van der Waals surface area contributed by atoms with Crippen molar-refractivity contribution >= 4 is 5.91 Å². The van der Waals surface area contributed by atoms with Gasteiger partial charge in [-0.3, -0.25) is 9.48 Å². The molecule has 1 fully saturated rings. The number of halogens is 1. The molecule has 4 nitrogen and oxygen atoms in total. The van der Waals surface area contributed by atoms with Gasteiger partial charge in [0.2, 0.25) is 0 Å². The van der Waals surface area contributed by atoms with E-state index < -0.39 is 5.67 Å². The van der Waals surface area contributed by atoms with Gasteiger partial charge in [0.15, 0.2) is 0 Å². The Balaban J connectivity index is 1.71. The maximum absolute atomic E-state index is 15.1. The molecule has 1 aromatic heterocycles. The molecule has 0 bridgehead atoms. The van der Waals surface area contributed by atoms with E-state index >= 15 is 4.39 Å². The lowest BCUT2D eigenvalue weighted by molar-refractivity contribution is 0.0413. The highest BCUT2D eigenvalue weighted by molar-refractivity contribution is 5.92. The Bertz CT molecular complexity index is 688. The van der Waals surface area contributed by atoms with Crippen LogP contribution in [-0.4, -0.2) is 33.7 Å². The molecule has 0 saturated carbocycles. The molecule has 1 amide bonds. The van der Waals surface area contributed by atoms with E-state index in [0.717, 1.165) is 12.1 Å². The van der Waals surface area contributed by atoms with Crippen molar-refractivity contribution in [3.63, 3.8) is 0 Å². The number of carbonyl (C=O) groups is 1. The van der Waals surface area contributed by atoms with E-state index in [1.165, 1.54) is 0 Å². The van der Waals surface area contributed by atoms with Gasteiger partial charge in [-0.2, -0.15) is 5.10 Å². The van der Waals surface area contributed by atoms with Gasteiger partial charge in [0, 0.05) is 33.0 Å². The average molecular weight is 315 g/mol. The van der Waals surface area contributed by atoms with E-state index in [1.54, 1.807) is 16.6 Å². The molecule has 0 radical (unpaired) electrons. The maximum atomic E-state index is 15.1. The summed E-state index contributed by atoms with van der Waals surface area (Å²) >= 11 is 0. The SMILES string of the molecule is CCc1cc(C(=O)N2CCC(F)(c3ccccc3)CC2)n(C)n1. The van der Waals surface area contributed by atoms with Crippen molar-refractivity contribution in [1.82, 2.24) is 14.7 Å². The van der Waals surface area contributed by atoms with Crippen LogP contribution in [0.5, 0.6) is 0 Å². The summed E-state index contributed by atoms with van der Waals surface area (Å²) in [5.41, 5.74) is 0.852. The van der Waals surface area contributed by atoms with Crippen LogP contribution in [-0.2, 0) is 19.1 Å². The lowest BCUT2D eigenvalue weighted by atomic mass is 9.86. The van der Waals surface area contributed by atoms with Crippen LogP contribution < -0.4 is 0 Å². The van der Waals surface area contributed by atoms with Crippen LogP contribution in [0.4, 0.5) is 4.39 Å². The van der Waals surface area contributed by atoms with Gasteiger partial charge in [-0.05, 0) is 18.1 Å². The number of nitrogens with zero attached hydrogens (tertiary/aromatic N) is 3. The summed E-state index contributed by atoms with van der Waals surface area (Å²) in [6, 6.07) is 11.1. The van der Waals surface area contributed by atoms with Gasteiger partial charge in [0.1, 0.15) is 11.4 Å². The molecule has 23 heavy (non-hydrogen) atoms. The van der Waals surface area contributed by atoms with Crippen molar-refractivity contribution in [2.45, 2.75) is 31.9 Å². The van der Waals surface area contributed by atoms with Crippen LogP contribution in [0.15, 0.2) is 36.4 Å². The second-order valence-corrected chi connectivity index (χ2v) is 6.12. The zero-order valence-corrected chi connectivity index (χ0v) is 13.6. The van der Waals surface area contributed by atoms with E-state index in [0.29, 0.717) is 37.2 Å². The van der Waals surface area contributed by atoms with Gasteiger partial charge >= 0.3 is 0 Å². The minimum absolute atomic E-state index is 0.0604. The van der Waals surface area contributed by atoms with Crippen molar-refractivity contribution in [2.75, 3.05) is 13.1 Å². The molecule has 5 heteroatoms. The summed E-state index contributed by atoms with van der Waals surface area (Å²) in [7, 11) is 1.78. The van der Waals surface area contributed by atoms with Crippen LogP contribution in [0.25, 0.3) is 0 Å². The predicted molar refractivity (Wildman–Crippen MR) is 87.0 cm³/mol. The topological polar surface area (TPSA) is 38.1 Å². The Morgan fingerprint density at radius 3 is 2.48 bits per heavy atom. The zero-order valence-electron chi connectivity index (χ0n) is 13.6. The van der Waals surface area contributed by atoms with Gasteiger partial charge in [0.05, 0.1) is 5.69 Å². The molecule has 3 rings (SSSR count). The molecule has 1 aliphatic heterocycles. The minimum Gasteiger partial charge on any atom is -0.337 e.